The summed E-state index contributed by atoms with van der Waals surface area (Å²) in [5, 5.41) is 0. The number of likely N-dealkylation sites (tertiary alicyclic amines) is 1. The van der Waals surface area contributed by atoms with Crippen LogP contribution in [-0.4, -0.2) is 51.7 Å². The molecule has 0 aliphatic carbocycles. The maximum absolute atomic E-state index is 13.0. The molecule has 1 aliphatic heterocycles. The molecule has 0 bridgehead atoms. The van der Waals surface area contributed by atoms with E-state index < -0.39 is 10.0 Å². The van der Waals surface area contributed by atoms with Crippen LogP contribution in [0.15, 0.2) is 46.2 Å². The minimum Gasteiger partial charge on any atom is -0.492 e. The smallest absolute Gasteiger partial charge is 0.255 e. The van der Waals surface area contributed by atoms with Gasteiger partial charge in [-0.3, -0.25) is 4.79 Å². The third kappa shape index (κ3) is 6.24. The minimum absolute atomic E-state index is 0.0945. The number of carbonyl (C=O) groups is 1. The molecule has 168 valence electrons. The number of nitrogens with zero attached hydrogens (tertiary/aromatic N) is 1. The van der Waals surface area contributed by atoms with Gasteiger partial charge in [0.2, 0.25) is 10.0 Å². The Morgan fingerprint density at radius 2 is 1.74 bits per heavy atom. The maximum atomic E-state index is 13.0. The van der Waals surface area contributed by atoms with Crippen LogP contribution in [0.3, 0.4) is 0 Å². The quantitative estimate of drug-likeness (QED) is 0.474. The zero-order valence-electron chi connectivity index (χ0n) is 18.3. The highest BCUT2D eigenvalue weighted by molar-refractivity contribution is 7.98. The molecule has 3 rings (SSSR count). The Morgan fingerprint density at radius 1 is 1.06 bits per heavy atom. The van der Waals surface area contributed by atoms with Gasteiger partial charge in [0.05, 0.1) is 10.5 Å². The molecule has 2 aromatic carbocycles. The lowest BCUT2D eigenvalue weighted by molar-refractivity contribution is 0.0720. The van der Waals surface area contributed by atoms with Gasteiger partial charge in [-0.1, -0.05) is 6.07 Å². The summed E-state index contributed by atoms with van der Waals surface area (Å²) in [6.07, 6.45) is 4.99. The molecule has 6 nitrogen and oxygen atoms in total. The van der Waals surface area contributed by atoms with Gasteiger partial charge in [0.15, 0.2) is 0 Å². The van der Waals surface area contributed by atoms with Gasteiger partial charge in [0, 0.05) is 24.5 Å². The number of carbonyl (C=O) groups excluding carboxylic acids is 1. The molecule has 0 spiro atoms. The Balaban J connectivity index is 1.67. The van der Waals surface area contributed by atoms with Gasteiger partial charge >= 0.3 is 0 Å². The van der Waals surface area contributed by atoms with Crippen LogP contribution in [0.4, 0.5) is 0 Å². The van der Waals surface area contributed by atoms with E-state index in [4.69, 9.17) is 4.74 Å². The topological polar surface area (TPSA) is 75.7 Å². The number of piperidine rings is 1. The highest BCUT2D eigenvalue weighted by atomic mass is 32.2. The average molecular weight is 463 g/mol. The number of amides is 1. The highest BCUT2D eigenvalue weighted by Crippen LogP contribution is 2.26. The summed E-state index contributed by atoms with van der Waals surface area (Å²) >= 11 is 1.45. The second-order valence-electron chi connectivity index (χ2n) is 7.78. The van der Waals surface area contributed by atoms with E-state index in [1.807, 2.05) is 37.1 Å². The van der Waals surface area contributed by atoms with E-state index >= 15 is 0 Å². The van der Waals surface area contributed by atoms with Gasteiger partial charge in [-0.25, -0.2) is 13.1 Å². The fourth-order valence-corrected chi connectivity index (χ4v) is 5.34. The minimum atomic E-state index is -3.75. The van der Waals surface area contributed by atoms with Crippen molar-refractivity contribution >= 4 is 27.7 Å². The van der Waals surface area contributed by atoms with E-state index in [-0.39, 0.29) is 24.0 Å². The van der Waals surface area contributed by atoms with Crippen LogP contribution in [0.2, 0.25) is 0 Å². The third-order valence-corrected chi connectivity index (χ3v) is 7.47. The molecule has 1 heterocycles. The van der Waals surface area contributed by atoms with E-state index in [9.17, 15) is 13.2 Å². The molecule has 0 saturated carbocycles. The standard InChI is InChI=1S/C23H30N2O4S2/c1-17-13-18(2)15-19(14-17)29-12-9-24-31(27,28)20-7-8-22(30-3)21(16-20)23(26)25-10-5-4-6-11-25/h7-8,13-16,24H,4-6,9-12H2,1-3H3. The fourth-order valence-electron chi connectivity index (χ4n) is 3.73. The molecule has 1 N–H and O–H groups in total. The summed E-state index contributed by atoms with van der Waals surface area (Å²) in [5.41, 5.74) is 2.63. The monoisotopic (exact) mass is 462 g/mol. The number of hydrogen-bond acceptors (Lipinski definition) is 5. The molecule has 0 radical (unpaired) electrons. The summed E-state index contributed by atoms with van der Waals surface area (Å²) in [7, 11) is -3.75. The predicted octanol–water partition coefficient (Wildman–Crippen LogP) is 4.01. The Bertz CT molecular complexity index is 1010. The predicted molar refractivity (Wildman–Crippen MR) is 125 cm³/mol. The molecule has 31 heavy (non-hydrogen) atoms. The van der Waals surface area contributed by atoms with Crippen molar-refractivity contribution in [1.29, 1.82) is 0 Å². The van der Waals surface area contributed by atoms with Crippen molar-refractivity contribution in [3.63, 3.8) is 0 Å². The third-order valence-electron chi connectivity index (χ3n) is 5.21. The molecule has 1 amide bonds. The van der Waals surface area contributed by atoms with Gasteiger partial charge in [0.25, 0.3) is 5.91 Å². The molecule has 1 fully saturated rings. The van der Waals surface area contributed by atoms with Crippen LogP contribution in [-0.2, 0) is 10.0 Å². The number of nitrogens with one attached hydrogen (secondary N) is 1. The number of hydrogen-bond donors (Lipinski definition) is 1. The highest BCUT2D eigenvalue weighted by Gasteiger charge is 2.23. The largest absolute Gasteiger partial charge is 0.492 e. The number of benzene rings is 2. The van der Waals surface area contributed by atoms with Crippen molar-refractivity contribution in [1.82, 2.24) is 9.62 Å². The lowest BCUT2D eigenvalue weighted by Crippen LogP contribution is -2.36. The number of thioether (sulfide) groups is 1. The number of rotatable bonds is 8. The Kier molecular flexibility index (Phi) is 8.02. The number of ether oxygens (including phenoxy) is 1. The van der Waals surface area contributed by atoms with Crippen LogP contribution in [0.25, 0.3) is 0 Å². The average Bonchev–Trinajstić information content (AvgIpc) is 2.75. The second kappa shape index (κ2) is 10.5. The van der Waals surface area contributed by atoms with E-state index in [2.05, 4.69) is 10.8 Å². The molecular formula is C23H30N2O4S2. The first-order valence-corrected chi connectivity index (χ1v) is 13.2. The summed E-state index contributed by atoms with van der Waals surface area (Å²) in [5.74, 6) is 0.620. The first kappa shape index (κ1) is 23.6. The molecule has 0 aromatic heterocycles. The SMILES string of the molecule is CSc1ccc(S(=O)(=O)NCCOc2cc(C)cc(C)c2)cc1C(=O)N1CCCCC1. The van der Waals surface area contributed by atoms with E-state index in [1.165, 1.54) is 17.8 Å². The molecule has 1 aliphatic rings. The molecule has 2 aromatic rings. The van der Waals surface area contributed by atoms with Crippen molar-refractivity contribution in [3.05, 3.63) is 53.1 Å². The number of sulfonamides is 1. The van der Waals surface area contributed by atoms with Crippen molar-refractivity contribution in [2.45, 2.75) is 42.9 Å². The maximum Gasteiger partial charge on any atom is 0.255 e. The van der Waals surface area contributed by atoms with Crippen LogP contribution in [0.1, 0.15) is 40.7 Å². The van der Waals surface area contributed by atoms with Crippen LogP contribution < -0.4 is 9.46 Å². The lowest BCUT2D eigenvalue weighted by atomic mass is 10.1. The normalized spacial score (nSPS) is 14.5. The number of aryl methyl sites for hydroxylation is 2. The molecule has 8 heteroatoms. The summed E-state index contributed by atoms with van der Waals surface area (Å²) < 4.78 is 33.9. The zero-order valence-corrected chi connectivity index (χ0v) is 19.9. The summed E-state index contributed by atoms with van der Waals surface area (Å²) in [6, 6.07) is 10.6. The molecule has 0 atom stereocenters. The molecular weight excluding hydrogens is 432 g/mol. The first-order valence-electron chi connectivity index (χ1n) is 10.5. The van der Waals surface area contributed by atoms with E-state index in [1.54, 1.807) is 12.1 Å². The summed E-state index contributed by atoms with van der Waals surface area (Å²) in [6.45, 7) is 5.77. The fraction of sp³-hybridized carbons (Fsp3) is 0.435. The van der Waals surface area contributed by atoms with E-state index in [0.29, 0.717) is 5.56 Å². The van der Waals surface area contributed by atoms with Crippen LogP contribution in [0.5, 0.6) is 5.75 Å². The van der Waals surface area contributed by atoms with Gasteiger partial charge in [0.1, 0.15) is 12.4 Å². The summed E-state index contributed by atoms with van der Waals surface area (Å²) in [4.78, 5) is 15.7. The Hall–Kier alpha value is -2.03. The van der Waals surface area contributed by atoms with Crippen molar-refractivity contribution in [2.24, 2.45) is 0 Å². The second-order valence-corrected chi connectivity index (χ2v) is 10.4. The lowest BCUT2D eigenvalue weighted by Gasteiger charge is -2.27. The molecule has 0 unspecified atom stereocenters. The first-order chi connectivity index (χ1) is 14.8. The van der Waals surface area contributed by atoms with Crippen molar-refractivity contribution in [3.8, 4) is 5.75 Å². The Labute approximate surface area is 189 Å². The van der Waals surface area contributed by atoms with Crippen LogP contribution >= 0.6 is 11.8 Å². The van der Waals surface area contributed by atoms with Crippen molar-refractivity contribution in [2.75, 3.05) is 32.5 Å². The van der Waals surface area contributed by atoms with Gasteiger partial charge in [-0.05, 0) is 80.8 Å². The van der Waals surface area contributed by atoms with Gasteiger partial charge in [-0.15, -0.1) is 11.8 Å². The van der Waals surface area contributed by atoms with Crippen molar-refractivity contribution < 1.29 is 17.9 Å². The van der Waals surface area contributed by atoms with Gasteiger partial charge < -0.3 is 9.64 Å². The molecule has 1 saturated heterocycles. The Morgan fingerprint density at radius 3 is 2.39 bits per heavy atom. The zero-order chi connectivity index (χ0) is 22.4. The van der Waals surface area contributed by atoms with Crippen LogP contribution in [0, 0.1) is 13.8 Å². The van der Waals surface area contributed by atoms with Gasteiger partial charge in [-0.2, -0.15) is 0 Å². The van der Waals surface area contributed by atoms with E-state index in [0.717, 1.165) is 54.1 Å².